The molecule has 0 bridgehead atoms. The maximum atomic E-state index is 13.0. The Morgan fingerprint density at radius 3 is 1.56 bits per heavy atom. The van der Waals surface area contributed by atoms with Crippen molar-refractivity contribution < 1.29 is 29.3 Å². The van der Waals surface area contributed by atoms with Gasteiger partial charge >= 0.3 is 5.97 Å². The fourth-order valence-corrected chi connectivity index (χ4v) is 6.51. The Labute approximate surface area is 335 Å². The van der Waals surface area contributed by atoms with Gasteiger partial charge in [0.25, 0.3) is 0 Å². The number of β-amino-alcohol motifs (C(OH)–C–C–N with tert-alkyl or cyclic N) is 2. The molecule has 9 nitrogen and oxygen atoms in total. The molecule has 0 aliphatic carbocycles. The molecule has 3 unspecified atom stereocenters. The zero-order valence-corrected chi connectivity index (χ0v) is 35.0. The lowest BCUT2D eigenvalue weighted by molar-refractivity contribution is -0.148. The second-order valence-corrected chi connectivity index (χ2v) is 15.3. The molecule has 1 aliphatic heterocycles. The fraction of sp³-hybridized carbons (Fsp3) is 0.761. The summed E-state index contributed by atoms with van der Waals surface area (Å²) in [5, 5.41) is 25.2. The summed E-state index contributed by atoms with van der Waals surface area (Å²) in [6.45, 7) is 5.69. The Kier molecular flexibility index (Phi) is 33.7. The molecule has 0 aromatic heterocycles. The van der Waals surface area contributed by atoms with Crippen LogP contribution in [0.3, 0.4) is 0 Å². The molecule has 0 aromatic carbocycles. The van der Waals surface area contributed by atoms with Crippen LogP contribution in [-0.2, 0) is 19.1 Å². The summed E-state index contributed by atoms with van der Waals surface area (Å²) >= 11 is 0. The minimum atomic E-state index is -0.972. The highest BCUT2D eigenvalue weighted by atomic mass is 16.5. The van der Waals surface area contributed by atoms with E-state index in [2.05, 4.69) is 73.1 Å². The number of aliphatic hydroxyl groups excluding tert-OH is 2. The predicted octanol–water partition coefficient (Wildman–Crippen LogP) is 9.19. The number of hydrogen-bond acceptors (Lipinski definition) is 7. The van der Waals surface area contributed by atoms with Crippen molar-refractivity contribution in [3.8, 4) is 0 Å². The van der Waals surface area contributed by atoms with E-state index in [4.69, 9.17) is 4.74 Å². The molecule has 1 rings (SSSR count). The van der Waals surface area contributed by atoms with Gasteiger partial charge < -0.3 is 25.6 Å². The molecule has 1 aliphatic rings. The number of allylic oxidation sites excluding steroid dienone is 8. The van der Waals surface area contributed by atoms with Gasteiger partial charge in [0.1, 0.15) is 6.04 Å². The molecular formula is C46H81N3O6. The van der Waals surface area contributed by atoms with E-state index in [0.29, 0.717) is 26.1 Å². The molecule has 0 radical (unpaired) electrons. The van der Waals surface area contributed by atoms with E-state index in [-0.39, 0.29) is 31.4 Å². The van der Waals surface area contributed by atoms with Crippen molar-refractivity contribution in [3.63, 3.8) is 0 Å². The van der Waals surface area contributed by atoms with Crippen molar-refractivity contribution in [1.29, 1.82) is 0 Å². The van der Waals surface area contributed by atoms with E-state index in [9.17, 15) is 24.6 Å². The lowest BCUT2D eigenvalue weighted by atomic mass is 10.1. The van der Waals surface area contributed by atoms with Gasteiger partial charge in [-0.05, 0) is 77.0 Å². The molecule has 0 spiro atoms. The molecule has 1 heterocycles. The number of hydrogen-bond donors (Lipinski definition) is 4. The normalized spacial score (nSPS) is 16.9. The molecule has 316 valence electrons. The smallest absolute Gasteiger partial charge is 0.330 e. The highest BCUT2D eigenvalue weighted by Gasteiger charge is 2.30. The van der Waals surface area contributed by atoms with E-state index in [1.165, 1.54) is 64.2 Å². The van der Waals surface area contributed by atoms with Gasteiger partial charge in [-0.1, -0.05) is 133 Å². The first-order chi connectivity index (χ1) is 26.9. The van der Waals surface area contributed by atoms with Gasteiger partial charge in [-0.25, -0.2) is 4.79 Å². The number of nitrogens with one attached hydrogen (secondary N) is 2. The van der Waals surface area contributed by atoms with Crippen molar-refractivity contribution >= 4 is 17.8 Å². The maximum Gasteiger partial charge on any atom is 0.330 e. The fourth-order valence-electron chi connectivity index (χ4n) is 6.51. The number of nitrogens with zero attached hydrogens (tertiary/aromatic N) is 1. The average molecular weight is 772 g/mol. The molecule has 0 aromatic rings. The van der Waals surface area contributed by atoms with Crippen molar-refractivity contribution in [3.05, 3.63) is 48.6 Å². The minimum Gasteiger partial charge on any atom is -0.464 e. The van der Waals surface area contributed by atoms with Gasteiger partial charge in [0, 0.05) is 39.0 Å². The number of aliphatic hydroxyl groups is 2. The lowest BCUT2D eigenvalue weighted by Gasteiger charge is -2.20. The highest BCUT2D eigenvalue weighted by molar-refractivity contribution is 5.85. The van der Waals surface area contributed by atoms with E-state index >= 15 is 0 Å². The zero-order chi connectivity index (χ0) is 40.0. The van der Waals surface area contributed by atoms with Crippen LogP contribution in [0, 0.1) is 0 Å². The van der Waals surface area contributed by atoms with Gasteiger partial charge in [0.15, 0.2) is 0 Å². The standard InChI is InChI=1S/C46H81N3O6/c1-3-5-7-9-11-13-15-17-19-21-23-25-27-29-31-33-37-55-46(54)41(48-45(53)35-36-49-39-42(50)43(51)40-49)38-47-44(52)34-32-30-28-26-24-22-20-18-16-14-12-10-8-6-4-2/h11-14,17-20,41-43,50-51H,3-10,15-16,21-40H2,1-2H3,(H,47,52)(H,48,53)/b13-11-,14-12-,19-17-,20-18-. The summed E-state index contributed by atoms with van der Waals surface area (Å²) in [7, 11) is 0. The topological polar surface area (TPSA) is 128 Å². The molecule has 3 atom stereocenters. The third-order valence-corrected chi connectivity index (χ3v) is 10.1. The molecule has 55 heavy (non-hydrogen) atoms. The first-order valence-electron chi connectivity index (χ1n) is 22.3. The Morgan fingerprint density at radius 2 is 1.05 bits per heavy atom. The van der Waals surface area contributed by atoms with Crippen LogP contribution in [0.5, 0.6) is 0 Å². The Balaban J connectivity index is 2.29. The number of carbonyl (C=O) groups excluding carboxylic acids is 3. The van der Waals surface area contributed by atoms with E-state index < -0.39 is 24.2 Å². The van der Waals surface area contributed by atoms with Gasteiger partial charge in [0.05, 0.1) is 18.8 Å². The van der Waals surface area contributed by atoms with E-state index in [0.717, 1.165) is 83.5 Å². The first kappa shape index (κ1) is 50.3. The van der Waals surface area contributed by atoms with Crippen LogP contribution in [0.2, 0.25) is 0 Å². The maximum absolute atomic E-state index is 13.0. The SMILES string of the molecule is CCCCC/C=C\C/C=C\CCCCCCCCOC(=O)C(CNC(=O)CCCCCCC/C=C\C/C=C\CCCCC)NC(=O)CCN1CC(O)C(O)C1. The van der Waals surface area contributed by atoms with E-state index in [1.54, 1.807) is 0 Å². The number of carbonyl (C=O) groups is 3. The van der Waals surface area contributed by atoms with Crippen molar-refractivity contribution in [2.75, 3.05) is 32.8 Å². The van der Waals surface area contributed by atoms with Crippen LogP contribution in [0.15, 0.2) is 48.6 Å². The zero-order valence-electron chi connectivity index (χ0n) is 35.0. The largest absolute Gasteiger partial charge is 0.464 e. The number of rotatable bonds is 36. The minimum absolute atomic E-state index is 0.0193. The van der Waals surface area contributed by atoms with Gasteiger partial charge in [0.2, 0.25) is 11.8 Å². The summed E-state index contributed by atoms with van der Waals surface area (Å²) < 4.78 is 5.55. The highest BCUT2D eigenvalue weighted by Crippen LogP contribution is 2.12. The Morgan fingerprint density at radius 1 is 0.600 bits per heavy atom. The number of amides is 2. The number of likely N-dealkylation sites (tertiary alicyclic amines) is 1. The lowest BCUT2D eigenvalue weighted by Crippen LogP contribution is -2.49. The quantitative estimate of drug-likeness (QED) is 0.0284. The third-order valence-electron chi connectivity index (χ3n) is 10.1. The van der Waals surface area contributed by atoms with Gasteiger partial charge in [-0.2, -0.15) is 0 Å². The van der Waals surface area contributed by atoms with E-state index in [1.807, 2.05) is 4.90 Å². The molecule has 1 saturated heterocycles. The Hall–Kier alpha value is -2.75. The van der Waals surface area contributed by atoms with Crippen LogP contribution >= 0.6 is 0 Å². The summed E-state index contributed by atoms with van der Waals surface area (Å²) in [6.07, 6.45) is 42.8. The van der Waals surface area contributed by atoms with Gasteiger partial charge in [-0.15, -0.1) is 0 Å². The first-order valence-corrected chi connectivity index (χ1v) is 22.3. The Bertz CT molecular complexity index is 1060. The molecule has 2 amide bonds. The van der Waals surface area contributed by atoms with Crippen molar-refractivity contribution in [1.82, 2.24) is 15.5 Å². The summed E-state index contributed by atoms with van der Waals surface area (Å²) in [5.74, 6) is -1.02. The third kappa shape index (κ3) is 31.1. The van der Waals surface area contributed by atoms with Crippen LogP contribution in [0.4, 0.5) is 0 Å². The van der Waals surface area contributed by atoms with Crippen molar-refractivity contribution in [2.24, 2.45) is 0 Å². The molecule has 0 saturated carbocycles. The monoisotopic (exact) mass is 772 g/mol. The van der Waals surface area contributed by atoms with Crippen LogP contribution < -0.4 is 10.6 Å². The predicted molar refractivity (Wildman–Crippen MR) is 228 cm³/mol. The number of unbranched alkanes of at least 4 members (excludes halogenated alkanes) is 17. The van der Waals surface area contributed by atoms with Crippen LogP contribution in [-0.4, -0.2) is 83.9 Å². The molecular weight excluding hydrogens is 691 g/mol. The summed E-state index contributed by atoms with van der Waals surface area (Å²) in [5.41, 5.74) is 0. The second-order valence-electron chi connectivity index (χ2n) is 15.3. The molecule has 1 fully saturated rings. The molecule has 9 heteroatoms. The number of ether oxygens (including phenoxy) is 1. The van der Waals surface area contributed by atoms with Crippen LogP contribution in [0.1, 0.15) is 174 Å². The van der Waals surface area contributed by atoms with Crippen molar-refractivity contribution in [2.45, 2.75) is 193 Å². The molecule has 4 N–H and O–H groups in total. The second kappa shape index (κ2) is 36.9. The van der Waals surface area contributed by atoms with Crippen LogP contribution in [0.25, 0.3) is 0 Å². The average Bonchev–Trinajstić information content (AvgIpc) is 3.51. The van der Waals surface area contributed by atoms with Gasteiger partial charge in [-0.3, -0.25) is 14.5 Å². The summed E-state index contributed by atoms with van der Waals surface area (Å²) in [4.78, 5) is 40.3. The summed E-state index contributed by atoms with van der Waals surface area (Å²) in [6, 6.07) is -0.972. The number of esters is 1.